The van der Waals surface area contributed by atoms with Crippen LogP contribution in [0, 0.1) is 5.92 Å². The van der Waals surface area contributed by atoms with Crippen molar-refractivity contribution in [3.63, 3.8) is 0 Å². The van der Waals surface area contributed by atoms with Gasteiger partial charge in [-0.25, -0.2) is 0 Å². The van der Waals surface area contributed by atoms with Gasteiger partial charge in [-0.3, -0.25) is 4.79 Å². The third kappa shape index (κ3) is 13.4. The summed E-state index contributed by atoms with van der Waals surface area (Å²) in [5.41, 5.74) is 0. The smallest absolute Gasteiger partial charge is 0.303 e. The molecule has 0 saturated carbocycles. The normalized spacial score (nSPS) is 9.36. The standard InChI is InChI=1S/C8H16O2.Hg/c1-7(2)5-3-4-6-8(9)10;/h7H,3-6H2,1-2H3,(H,9,10);. The maximum Gasteiger partial charge on any atom is 0.303 e. The molecule has 0 spiro atoms. The van der Waals surface area contributed by atoms with Crippen molar-refractivity contribution in [1.82, 2.24) is 0 Å². The van der Waals surface area contributed by atoms with Gasteiger partial charge in [0.2, 0.25) is 0 Å². The van der Waals surface area contributed by atoms with E-state index in [-0.39, 0.29) is 27.7 Å². The van der Waals surface area contributed by atoms with E-state index in [0.717, 1.165) is 19.3 Å². The van der Waals surface area contributed by atoms with Gasteiger partial charge in [-0.15, -0.1) is 0 Å². The minimum absolute atomic E-state index is 0. The molecule has 0 aromatic rings. The fraction of sp³-hybridized carbons (Fsp3) is 0.875. The van der Waals surface area contributed by atoms with Crippen LogP contribution in [0.2, 0.25) is 0 Å². The van der Waals surface area contributed by atoms with Gasteiger partial charge in [-0.05, 0) is 12.3 Å². The largest absolute Gasteiger partial charge is 0.481 e. The maximum atomic E-state index is 10.0. The van der Waals surface area contributed by atoms with E-state index in [1.54, 1.807) is 0 Å². The molecule has 0 saturated heterocycles. The van der Waals surface area contributed by atoms with Crippen LogP contribution in [-0.4, -0.2) is 11.1 Å². The molecule has 0 bridgehead atoms. The van der Waals surface area contributed by atoms with Crippen molar-refractivity contribution in [1.29, 1.82) is 0 Å². The van der Waals surface area contributed by atoms with E-state index in [2.05, 4.69) is 13.8 Å². The Morgan fingerprint density at radius 2 is 1.91 bits per heavy atom. The molecule has 3 heteroatoms. The molecule has 0 heterocycles. The molecule has 62 valence electrons. The molecular weight excluding hydrogens is 329 g/mol. The van der Waals surface area contributed by atoms with E-state index in [1.807, 2.05) is 0 Å². The topological polar surface area (TPSA) is 37.3 Å². The molecule has 0 aliphatic heterocycles. The Balaban J connectivity index is 0. The molecule has 0 rings (SSSR count). The van der Waals surface area contributed by atoms with Crippen LogP contribution in [0.25, 0.3) is 0 Å². The minimum Gasteiger partial charge on any atom is -0.481 e. The van der Waals surface area contributed by atoms with Crippen molar-refractivity contribution in [2.45, 2.75) is 39.5 Å². The van der Waals surface area contributed by atoms with Gasteiger partial charge in [0.15, 0.2) is 0 Å². The molecule has 0 atom stereocenters. The predicted molar refractivity (Wildman–Crippen MR) is 40.9 cm³/mol. The molecule has 0 aromatic carbocycles. The summed E-state index contributed by atoms with van der Waals surface area (Å²) < 4.78 is 0. The Hall–Kier alpha value is 0.405. The molecule has 0 unspecified atom stereocenters. The first kappa shape index (κ1) is 14.0. The van der Waals surface area contributed by atoms with E-state index >= 15 is 0 Å². The SMILES string of the molecule is CC(C)CCCCC(=O)O.[Hg]. The molecule has 0 aliphatic carbocycles. The van der Waals surface area contributed by atoms with Gasteiger partial charge in [-0.2, -0.15) is 0 Å². The van der Waals surface area contributed by atoms with Gasteiger partial charge in [0.1, 0.15) is 0 Å². The monoisotopic (exact) mass is 346 g/mol. The second-order valence-corrected chi connectivity index (χ2v) is 3.03. The van der Waals surface area contributed by atoms with Crippen molar-refractivity contribution < 1.29 is 37.6 Å². The first-order chi connectivity index (χ1) is 4.63. The first-order valence-electron chi connectivity index (χ1n) is 3.84. The number of carboxylic acid groups (broad SMARTS) is 1. The summed E-state index contributed by atoms with van der Waals surface area (Å²) in [4.78, 5) is 10.0. The number of carboxylic acids is 1. The number of aliphatic carboxylic acids is 1. The summed E-state index contributed by atoms with van der Waals surface area (Å²) in [5, 5.41) is 8.28. The van der Waals surface area contributed by atoms with Crippen LogP contribution >= 0.6 is 0 Å². The summed E-state index contributed by atoms with van der Waals surface area (Å²) >= 11 is 0. The summed E-state index contributed by atoms with van der Waals surface area (Å²) in [6.45, 7) is 4.31. The van der Waals surface area contributed by atoms with E-state index < -0.39 is 5.97 Å². The van der Waals surface area contributed by atoms with Crippen LogP contribution in [0.15, 0.2) is 0 Å². The summed E-state index contributed by atoms with van der Waals surface area (Å²) in [6.07, 6.45) is 3.34. The fourth-order valence-electron chi connectivity index (χ4n) is 0.829. The van der Waals surface area contributed by atoms with Crippen molar-refractivity contribution in [3.05, 3.63) is 0 Å². The van der Waals surface area contributed by atoms with E-state index in [0.29, 0.717) is 12.3 Å². The number of carbonyl (C=O) groups is 1. The van der Waals surface area contributed by atoms with Gasteiger partial charge in [-0.1, -0.05) is 26.7 Å². The Morgan fingerprint density at radius 3 is 2.27 bits per heavy atom. The summed E-state index contributed by atoms with van der Waals surface area (Å²) in [7, 11) is 0. The van der Waals surface area contributed by atoms with Gasteiger partial charge < -0.3 is 5.11 Å². The van der Waals surface area contributed by atoms with Crippen molar-refractivity contribution in [2.24, 2.45) is 5.92 Å². The molecule has 0 amide bonds. The van der Waals surface area contributed by atoms with Crippen molar-refractivity contribution in [3.8, 4) is 0 Å². The molecule has 1 N–H and O–H groups in total. The number of unbranched alkanes of at least 4 members (excludes halogenated alkanes) is 1. The third-order valence-electron chi connectivity index (χ3n) is 1.42. The van der Waals surface area contributed by atoms with Crippen LogP contribution in [0.4, 0.5) is 0 Å². The molecule has 0 radical (unpaired) electrons. The Bertz CT molecular complexity index is 102. The Labute approximate surface area is 88.9 Å². The van der Waals surface area contributed by atoms with E-state index in [9.17, 15) is 4.79 Å². The average Bonchev–Trinajstić information content (AvgIpc) is 1.79. The van der Waals surface area contributed by atoms with E-state index in [4.69, 9.17) is 5.11 Å². The van der Waals surface area contributed by atoms with Crippen LogP contribution in [-0.2, 0) is 32.5 Å². The Kier molecular flexibility index (Phi) is 10.8. The number of hydrogen-bond donors (Lipinski definition) is 1. The fourth-order valence-corrected chi connectivity index (χ4v) is 0.829. The molecule has 0 fully saturated rings. The van der Waals surface area contributed by atoms with Crippen LogP contribution in [0.1, 0.15) is 39.5 Å². The van der Waals surface area contributed by atoms with Gasteiger partial charge >= 0.3 is 5.97 Å². The quantitative estimate of drug-likeness (QED) is 0.614. The zero-order valence-corrected chi connectivity index (χ0v) is 13.0. The van der Waals surface area contributed by atoms with E-state index in [1.165, 1.54) is 0 Å². The predicted octanol–water partition coefficient (Wildman–Crippen LogP) is 2.28. The third-order valence-corrected chi connectivity index (χ3v) is 1.42. The molecule has 0 aliphatic rings. The maximum absolute atomic E-state index is 10.0. The zero-order valence-electron chi connectivity index (χ0n) is 7.47. The Morgan fingerprint density at radius 1 is 1.36 bits per heavy atom. The van der Waals surface area contributed by atoms with Crippen LogP contribution in [0.3, 0.4) is 0 Å². The average molecular weight is 345 g/mol. The van der Waals surface area contributed by atoms with Crippen molar-refractivity contribution >= 4 is 5.97 Å². The number of hydrogen-bond acceptors (Lipinski definition) is 1. The molecule has 2 nitrogen and oxygen atoms in total. The van der Waals surface area contributed by atoms with Crippen LogP contribution in [0.5, 0.6) is 0 Å². The van der Waals surface area contributed by atoms with Crippen LogP contribution < -0.4 is 0 Å². The summed E-state index contributed by atoms with van der Waals surface area (Å²) in [5.74, 6) is 0.0255. The first-order valence-corrected chi connectivity index (χ1v) is 3.84. The molecule has 0 aromatic heterocycles. The van der Waals surface area contributed by atoms with Gasteiger partial charge in [0.05, 0.1) is 0 Å². The van der Waals surface area contributed by atoms with Gasteiger partial charge in [0.25, 0.3) is 0 Å². The minimum atomic E-state index is -0.677. The second-order valence-electron chi connectivity index (χ2n) is 3.03. The zero-order chi connectivity index (χ0) is 7.98. The molecular formula is C8H16HgO2. The molecule has 11 heavy (non-hydrogen) atoms. The van der Waals surface area contributed by atoms with Gasteiger partial charge in [0, 0.05) is 34.1 Å². The summed E-state index contributed by atoms with van der Waals surface area (Å²) in [6, 6.07) is 0. The number of rotatable bonds is 5. The van der Waals surface area contributed by atoms with Crippen molar-refractivity contribution in [2.75, 3.05) is 0 Å². The second kappa shape index (κ2) is 8.50.